The van der Waals surface area contributed by atoms with Gasteiger partial charge in [-0.2, -0.15) is 0 Å². The van der Waals surface area contributed by atoms with Crippen LogP contribution in [0.5, 0.6) is 0 Å². The van der Waals surface area contributed by atoms with E-state index in [9.17, 15) is 52.0 Å². The topological polar surface area (TPSA) is 299 Å². The largest absolute Gasteiger partial charge is 2.00 e. The Balaban J connectivity index is 0.000000272. The summed E-state index contributed by atoms with van der Waals surface area (Å²) in [5.74, 6) is -1.68. The van der Waals surface area contributed by atoms with E-state index < -0.39 is 63.8 Å². The van der Waals surface area contributed by atoms with Crippen molar-refractivity contribution in [2.24, 2.45) is 0 Å². The minimum absolute atomic E-state index is 0. The molecular formula is C36H30F2N10O10S4Zn. The summed E-state index contributed by atoms with van der Waals surface area (Å²) in [6.45, 7) is 3.32. The van der Waals surface area contributed by atoms with Gasteiger partial charge in [-0.3, -0.25) is 9.44 Å². The van der Waals surface area contributed by atoms with Crippen molar-refractivity contribution >= 4 is 75.4 Å². The summed E-state index contributed by atoms with van der Waals surface area (Å²) in [5, 5.41) is 4.52. The molecule has 0 aliphatic carbocycles. The average Bonchev–Trinajstić information content (AvgIpc) is 3.18. The number of urea groups is 2. The molecule has 324 valence electrons. The molecule has 0 radical (unpaired) electrons. The first kappa shape index (κ1) is 49.1. The van der Waals surface area contributed by atoms with Crippen LogP contribution in [0.2, 0.25) is 0 Å². The Kier molecular flexibility index (Phi) is 16.0. The second kappa shape index (κ2) is 20.6. The van der Waals surface area contributed by atoms with Crippen LogP contribution in [0.1, 0.15) is 11.4 Å². The molecule has 2 heterocycles. The molecule has 4 N–H and O–H groups in total. The molecule has 6 aromatic rings. The number of sulfonamides is 4. The maximum atomic E-state index is 12.9. The number of benzene rings is 4. The molecule has 0 aliphatic rings. The van der Waals surface area contributed by atoms with Crippen molar-refractivity contribution in [2.45, 2.75) is 33.4 Å². The zero-order valence-corrected chi connectivity index (χ0v) is 38.6. The van der Waals surface area contributed by atoms with Crippen LogP contribution in [0.3, 0.4) is 0 Å². The number of anilines is 2. The SMILES string of the molecule is Cc1ccnc([N-]S(=O)(=O)c2ccc(NC(=O)NS(=O)(=O)c3ccc(F)cc3)cc2)n1.Cc1ccnc([N-]S(=O)(=O)c2ccc(NC(=O)NS(=O)(=O)c3ccc(F)cc3)cc2)n1.[Zn+2]. The monoisotopic (exact) mass is 992 g/mol. The van der Waals surface area contributed by atoms with E-state index in [1.807, 2.05) is 0 Å². The summed E-state index contributed by atoms with van der Waals surface area (Å²) in [5.41, 5.74) is 1.34. The summed E-state index contributed by atoms with van der Waals surface area (Å²) in [6.07, 6.45) is 2.75. The van der Waals surface area contributed by atoms with Crippen molar-refractivity contribution in [3.63, 3.8) is 0 Å². The van der Waals surface area contributed by atoms with Gasteiger partial charge in [0.2, 0.25) is 20.0 Å². The summed E-state index contributed by atoms with van der Waals surface area (Å²) < 4.78 is 134. The molecule has 0 aliphatic heterocycles. The number of aromatic nitrogens is 4. The Morgan fingerprint density at radius 3 is 1.08 bits per heavy atom. The zero-order chi connectivity index (χ0) is 45.3. The summed E-state index contributed by atoms with van der Waals surface area (Å²) in [7, 11) is -16.6. The first-order chi connectivity index (χ1) is 29.1. The van der Waals surface area contributed by atoms with E-state index in [4.69, 9.17) is 0 Å². The quantitative estimate of drug-likeness (QED) is 0.108. The molecule has 27 heteroatoms. The number of nitrogens with one attached hydrogen (secondary N) is 4. The minimum atomic E-state index is -4.22. The third kappa shape index (κ3) is 14.3. The Labute approximate surface area is 372 Å². The van der Waals surface area contributed by atoms with Crippen LogP contribution >= 0.6 is 0 Å². The molecule has 6 rings (SSSR count). The Morgan fingerprint density at radius 1 is 0.476 bits per heavy atom. The Hall–Kier alpha value is -6.54. The van der Waals surface area contributed by atoms with Crippen LogP contribution < -0.4 is 20.1 Å². The standard InChI is InChI=1S/2C18H16FN5O5S2.Zn/c2*1-12-10-11-20-17(21-12)23-30(26,27)16-8-4-14(5-9-16)22-18(25)24-31(28,29)15-6-2-13(19)3-7-15;/h2*2-11H,1H3,(H3,20,21,22,23,24,25);/q;;+2/p-2. The second-order valence-corrected chi connectivity index (χ2v) is 18.8. The van der Waals surface area contributed by atoms with Crippen LogP contribution in [0.15, 0.2) is 141 Å². The van der Waals surface area contributed by atoms with E-state index in [2.05, 4.69) is 40.0 Å². The van der Waals surface area contributed by atoms with Gasteiger partial charge in [0.1, 0.15) is 11.6 Å². The summed E-state index contributed by atoms with van der Waals surface area (Å²) in [4.78, 5) is 38.4. The zero-order valence-electron chi connectivity index (χ0n) is 32.4. The fourth-order valence-electron chi connectivity index (χ4n) is 4.60. The van der Waals surface area contributed by atoms with E-state index in [-0.39, 0.29) is 62.3 Å². The van der Waals surface area contributed by atoms with E-state index in [0.717, 1.165) is 48.5 Å². The van der Waals surface area contributed by atoms with Crippen molar-refractivity contribution in [1.29, 1.82) is 0 Å². The Bertz CT molecular complexity index is 2840. The van der Waals surface area contributed by atoms with Crippen LogP contribution in [0.4, 0.5) is 41.6 Å². The number of hydrogen-bond acceptors (Lipinski definition) is 14. The average molecular weight is 994 g/mol. The van der Waals surface area contributed by atoms with Gasteiger partial charge in [-0.15, -0.1) is 0 Å². The molecule has 2 aromatic heterocycles. The summed E-state index contributed by atoms with van der Waals surface area (Å²) >= 11 is 0. The molecule has 20 nitrogen and oxygen atoms in total. The van der Waals surface area contributed by atoms with E-state index in [1.54, 1.807) is 35.4 Å². The number of aryl methyl sites for hydroxylation is 2. The second-order valence-electron chi connectivity index (χ2n) is 12.2. The van der Waals surface area contributed by atoms with Crippen molar-refractivity contribution in [1.82, 2.24) is 29.4 Å². The molecule has 0 spiro atoms. The van der Waals surface area contributed by atoms with Crippen molar-refractivity contribution in [3.05, 3.63) is 154 Å². The van der Waals surface area contributed by atoms with Gasteiger partial charge < -0.3 is 30.6 Å². The van der Waals surface area contributed by atoms with Gasteiger partial charge in [-0.1, -0.05) is 12.1 Å². The first-order valence-corrected chi connectivity index (χ1v) is 22.9. The van der Waals surface area contributed by atoms with Gasteiger partial charge >= 0.3 is 31.5 Å². The molecule has 0 atom stereocenters. The number of amides is 4. The van der Waals surface area contributed by atoms with Crippen LogP contribution in [-0.2, 0) is 59.6 Å². The molecule has 4 aromatic carbocycles. The smallest absolute Gasteiger partial charge is 0.366 e. The van der Waals surface area contributed by atoms with Gasteiger partial charge in [0.05, 0.1) is 19.6 Å². The number of hydrogen-bond donors (Lipinski definition) is 4. The van der Waals surface area contributed by atoms with E-state index in [0.29, 0.717) is 11.4 Å². The molecule has 0 saturated heterocycles. The number of carbonyl (C=O) groups excluding carboxylic acids is 2. The van der Waals surface area contributed by atoms with Crippen LogP contribution in [0, 0.1) is 25.5 Å². The molecular weight excluding hydrogens is 964 g/mol. The Morgan fingerprint density at radius 2 is 0.778 bits per heavy atom. The molecule has 0 fully saturated rings. The third-order valence-corrected chi connectivity index (χ3v) is 12.7. The third-order valence-electron chi connectivity index (χ3n) is 7.49. The molecule has 63 heavy (non-hydrogen) atoms. The number of halogens is 2. The molecule has 0 saturated carbocycles. The normalized spacial score (nSPS) is 11.4. The maximum Gasteiger partial charge on any atom is 2.00 e. The van der Waals surface area contributed by atoms with Crippen molar-refractivity contribution < 1.29 is 71.5 Å². The fraction of sp³-hybridized carbons (Fsp3) is 0.0556. The summed E-state index contributed by atoms with van der Waals surface area (Å²) in [6, 6.07) is 18.5. The van der Waals surface area contributed by atoms with Crippen LogP contribution in [-0.4, -0.2) is 65.7 Å². The van der Waals surface area contributed by atoms with Gasteiger partial charge in [0.15, 0.2) is 0 Å². The van der Waals surface area contributed by atoms with Gasteiger partial charge in [-0.05, 0) is 135 Å². The molecule has 0 unspecified atom stereocenters. The first-order valence-electron chi connectivity index (χ1n) is 17.0. The van der Waals surface area contributed by atoms with Crippen molar-refractivity contribution in [2.75, 3.05) is 10.6 Å². The number of nitrogens with zero attached hydrogens (tertiary/aromatic N) is 6. The van der Waals surface area contributed by atoms with Gasteiger partial charge in [0.25, 0.3) is 20.0 Å². The van der Waals surface area contributed by atoms with E-state index >= 15 is 0 Å². The number of rotatable bonds is 12. The van der Waals surface area contributed by atoms with Crippen LogP contribution in [0.25, 0.3) is 9.44 Å². The number of carbonyl (C=O) groups is 2. The molecule has 0 bridgehead atoms. The predicted octanol–water partition coefficient (Wildman–Crippen LogP) is 5.65. The molecule has 4 amide bonds. The van der Waals surface area contributed by atoms with Crippen molar-refractivity contribution in [3.8, 4) is 0 Å². The minimum Gasteiger partial charge on any atom is -0.366 e. The fourth-order valence-corrected chi connectivity index (χ4v) is 8.19. The van der Waals surface area contributed by atoms with Gasteiger partial charge in [-0.25, -0.2) is 61.5 Å². The van der Waals surface area contributed by atoms with Gasteiger partial charge in [0, 0.05) is 23.3 Å². The predicted molar refractivity (Wildman–Crippen MR) is 218 cm³/mol. The van der Waals surface area contributed by atoms with E-state index in [1.165, 1.54) is 60.9 Å². The maximum absolute atomic E-state index is 12.9.